The third-order valence-corrected chi connectivity index (χ3v) is 3.25. The quantitative estimate of drug-likeness (QED) is 0.477. The van der Waals surface area contributed by atoms with E-state index in [0.717, 1.165) is 11.2 Å². The van der Waals surface area contributed by atoms with Gasteiger partial charge >= 0.3 is 0 Å². The van der Waals surface area contributed by atoms with Crippen LogP contribution in [0.1, 0.15) is 0 Å². The SMILES string of the molecule is c1ccc2c(c1)cnc1[nH]c3ccccc3c12. The smallest absolute Gasteiger partial charge is 0.138 e. The van der Waals surface area contributed by atoms with Crippen LogP contribution < -0.4 is 0 Å². The fraction of sp³-hybridized carbons (Fsp3) is 0. The van der Waals surface area contributed by atoms with Crippen LogP contribution >= 0.6 is 0 Å². The molecule has 2 aromatic heterocycles. The minimum Gasteiger partial charge on any atom is -0.339 e. The van der Waals surface area contributed by atoms with E-state index < -0.39 is 0 Å². The van der Waals surface area contributed by atoms with Crippen LogP contribution in [0.2, 0.25) is 0 Å². The first kappa shape index (κ1) is 8.76. The van der Waals surface area contributed by atoms with Gasteiger partial charge in [-0.1, -0.05) is 42.5 Å². The lowest BCUT2D eigenvalue weighted by Crippen LogP contribution is -1.78. The Balaban J connectivity index is 2.38. The molecule has 0 radical (unpaired) electrons. The minimum absolute atomic E-state index is 0.963. The molecule has 0 amide bonds. The van der Waals surface area contributed by atoms with Gasteiger partial charge in [0, 0.05) is 27.9 Å². The fourth-order valence-corrected chi connectivity index (χ4v) is 2.47. The Bertz CT molecular complexity index is 837. The van der Waals surface area contributed by atoms with Crippen LogP contribution in [-0.2, 0) is 0 Å². The van der Waals surface area contributed by atoms with Crippen molar-refractivity contribution < 1.29 is 0 Å². The van der Waals surface area contributed by atoms with E-state index >= 15 is 0 Å². The predicted molar refractivity (Wildman–Crippen MR) is 71.1 cm³/mol. The lowest BCUT2D eigenvalue weighted by atomic mass is 10.1. The lowest BCUT2D eigenvalue weighted by molar-refractivity contribution is 1.37. The number of para-hydroxylation sites is 1. The van der Waals surface area contributed by atoms with Crippen LogP contribution in [-0.4, -0.2) is 9.97 Å². The Hall–Kier alpha value is -2.35. The molecule has 0 saturated carbocycles. The average Bonchev–Trinajstić information content (AvgIpc) is 2.77. The number of rotatable bonds is 0. The lowest BCUT2D eigenvalue weighted by Gasteiger charge is -1.98. The van der Waals surface area contributed by atoms with Gasteiger partial charge in [0.15, 0.2) is 0 Å². The highest BCUT2D eigenvalue weighted by atomic mass is 14.8. The molecule has 1 N–H and O–H groups in total. The second-order valence-electron chi connectivity index (χ2n) is 4.24. The summed E-state index contributed by atoms with van der Waals surface area (Å²) in [6, 6.07) is 16.7. The number of nitrogens with one attached hydrogen (secondary N) is 1. The Morgan fingerprint density at radius 1 is 0.824 bits per heavy atom. The van der Waals surface area contributed by atoms with Gasteiger partial charge in [0.1, 0.15) is 5.65 Å². The highest BCUT2D eigenvalue weighted by Crippen LogP contribution is 2.30. The van der Waals surface area contributed by atoms with E-state index in [9.17, 15) is 0 Å². The summed E-state index contributed by atoms with van der Waals surface area (Å²) in [6.07, 6.45) is 1.92. The van der Waals surface area contributed by atoms with Crippen LogP contribution in [0.5, 0.6) is 0 Å². The third-order valence-electron chi connectivity index (χ3n) is 3.25. The van der Waals surface area contributed by atoms with Crippen LogP contribution in [0.3, 0.4) is 0 Å². The minimum atomic E-state index is 0.963. The van der Waals surface area contributed by atoms with Crippen molar-refractivity contribution in [2.24, 2.45) is 0 Å². The van der Waals surface area contributed by atoms with Crippen molar-refractivity contribution in [3.8, 4) is 0 Å². The number of hydrogen-bond acceptors (Lipinski definition) is 1. The molecule has 2 heterocycles. The summed E-state index contributed by atoms with van der Waals surface area (Å²) >= 11 is 0. The summed E-state index contributed by atoms with van der Waals surface area (Å²) in [5, 5.41) is 4.91. The number of pyridine rings is 1. The van der Waals surface area contributed by atoms with Gasteiger partial charge < -0.3 is 4.98 Å². The van der Waals surface area contributed by atoms with Crippen molar-refractivity contribution in [1.29, 1.82) is 0 Å². The standard InChI is InChI=1S/C15H10N2/c1-2-6-11-10(5-1)9-16-15-14(11)12-7-3-4-8-13(12)17-15/h1-9H,(H,16,17). The molecule has 80 valence electrons. The molecular formula is C15H10N2. The first-order valence-corrected chi connectivity index (χ1v) is 5.68. The third kappa shape index (κ3) is 1.12. The first-order chi connectivity index (χ1) is 8.43. The van der Waals surface area contributed by atoms with Crippen molar-refractivity contribution in [2.45, 2.75) is 0 Å². The normalized spacial score (nSPS) is 11.5. The van der Waals surface area contributed by atoms with E-state index in [1.165, 1.54) is 21.5 Å². The molecule has 0 spiro atoms. The number of aromatic nitrogens is 2. The molecule has 0 bridgehead atoms. The van der Waals surface area contributed by atoms with E-state index in [0.29, 0.717) is 0 Å². The summed E-state index contributed by atoms with van der Waals surface area (Å²) in [4.78, 5) is 7.85. The van der Waals surface area contributed by atoms with Crippen LogP contribution in [0, 0.1) is 0 Å². The number of benzene rings is 2. The topological polar surface area (TPSA) is 28.7 Å². The van der Waals surface area contributed by atoms with Gasteiger partial charge in [-0.3, -0.25) is 0 Å². The summed E-state index contributed by atoms with van der Waals surface area (Å²) in [6.45, 7) is 0. The number of fused-ring (bicyclic) bond motifs is 5. The maximum Gasteiger partial charge on any atom is 0.138 e. The van der Waals surface area contributed by atoms with E-state index in [1.54, 1.807) is 0 Å². The summed E-state index contributed by atoms with van der Waals surface area (Å²) in [5.74, 6) is 0. The van der Waals surface area contributed by atoms with Gasteiger partial charge in [-0.2, -0.15) is 0 Å². The van der Waals surface area contributed by atoms with Crippen molar-refractivity contribution in [2.75, 3.05) is 0 Å². The molecule has 17 heavy (non-hydrogen) atoms. The Morgan fingerprint density at radius 3 is 2.53 bits per heavy atom. The first-order valence-electron chi connectivity index (χ1n) is 5.68. The van der Waals surface area contributed by atoms with Crippen LogP contribution in [0.25, 0.3) is 32.7 Å². The van der Waals surface area contributed by atoms with E-state index in [4.69, 9.17) is 0 Å². The van der Waals surface area contributed by atoms with Crippen molar-refractivity contribution >= 4 is 32.7 Å². The molecule has 2 aromatic carbocycles. The van der Waals surface area contributed by atoms with Gasteiger partial charge in [0.25, 0.3) is 0 Å². The maximum absolute atomic E-state index is 4.49. The molecular weight excluding hydrogens is 208 g/mol. The monoisotopic (exact) mass is 218 g/mol. The second-order valence-corrected chi connectivity index (χ2v) is 4.24. The molecule has 0 atom stereocenters. The molecule has 0 aliphatic rings. The molecule has 0 saturated heterocycles. The second kappa shape index (κ2) is 3.08. The number of hydrogen-bond donors (Lipinski definition) is 1. The van der Waals surface area contributed by atoms with Crippen LogP contribution in [0.15, 0.2) is 54.7 Å². The largest absolute Gasteiger partial charge is 0.339 e. The molecule has 0 unspecified atom stereocenters. The molecule has 0 fully saturated rings. The molecule has 2 heteroatoms. The van der Waals surface area contributed by atoms with Crippen LogP contribution in [0.4, 0.5) is 0 Å². The molecule has 4 aromatic rings. The van der Waals surface area contributed by atoms with E-state index in [2.05, 4.69) is 46.4 Å². The van der Waals surface area contributed by atoms with Crippen molar-refractivity contribution in [1.82, 2.24) is 9.97 Å². The summed E-state index contributed by atoms with van der Waals surface area (Å²) in [5.41, 5.74) is 2.11. The van der Waals surface area contributed by atoms with Crippen molar-refractivity contribution in [3.63, 3.8) is 0 Å². The molecule has 0 aliphatic heterocycles. The van der Waals surface area contributed by atoms with Crippen molar-refractivity contribution in [3.05, 3.63) is 54.7 Å². The number of H-pyrrole nitrogens is 1. The van der Waals surface area contributed by atoms with Gasteiger partial charge in [-0.15, -0.1) is 0 Å². The van der Waals surface area contributed by atoms with Gasteiger partial charge in [0.05, 0.1) is 0 Å². The van der Waals surface area contributed by atoms with Gasteiger partial charge in [0.2, 0.25) is 0 Å². The Kier molecular flexibility index (Phi) is 1.59. The highest BCUT2D eigenvalue weighted by Gasteiger charge is 2.07. The number of nitrogens with zero attached hydrogens (tertiary/aromatic N) is 1. The Morgan fingerprint density at radius 2 is 1.59 bits per heavy atom. The van der Waals surface area contributed by atoms with E-state index in [1.807, 2.05) is 18.3 Å². The average molecular weight is 218 g/mol. The predicted octanol–water partition coefficient (Wildman–Crippen LogP) is 3.87. The van der Waals surface area contributed by atoms with Gasteiger partial charge in [-0.25, -0.2) is 4.98 Å². The molecule has 4 rings (SSSR count). The number of aromatic amines is 1. The zero-order valence-corrected chi connectivity index (χ0v) is 9.14. The van der Waals surface area contributed by atoms with E-state index in [-0.39, 0.29) is 0 Å². The summed E-state index contributed by atoms with van der Waals surface area (Å²) < 4.78 is 0. The summed E-state index contributed by atoms with van der Waals surface area (Å²) in [7, 11) is 0. The Labute approximate surface area is 97.9 Å². The molecule has 2 nitrogen and oxygen atoms in total. The maximum atomic E-state index is 4.49. The fourth-order valence-electron chi connectivity index (χ4n) is 2.47. The van der Waals surface area contributed by atoms with Gasteiger partial charge in [-0.05, 0) is 11.5 Å². The molecule has 0 aliphatic carbocycles. The zero-order valence-electron chi connectivity index (χ0n) is 9.14. The zero-order chi connectivity index (χ0) is 11.2. The highest BCUT2D eigenvalue weighted by molar-refractivity contribution is 6.18.